The van der Waals surface area contributed by atoms with Gasteiger partial charge in [-0.3, -0.25) is 14.4 Å². The van der Waals surface area contributed by atoms with Gasteiger partial charge in [-0.05, 0) is 24.7 Å². The fourth-order valence-electron chi connectivity index (χ4n) is 3.92. The third-order valence-corrected chi connectivity index (χ3v) is 5.99. The summed E-state index contributed by atoms with van der Waals surface area (Å²) in [6, 6.07) is 10.7. The maximum atomic E-state index is 5.73. The van der Waals surface area contributed by atoms with Crippen LogP contribution in [0.4, 0.5) is 5.95 Å². The van der Waals surface area contributed by atoms with E-state index < -0.39 is 0 Å². The van der Waals surface area contributed by atoms with Crippen molar-refractivity contribution in [3.63, 3.8) is 0 Å². The Balaban J connectivity index is 1.37. The van der Waals surface area contributed by atoms with Gasteiger partial charge in [0.15, 0.2) is 0 Å². The van der Waals surface area contributed by atoms with Crippen molar-refractivity contribution in [3.8, 4) is 0 Å². The zero-order chi connectivity index (χ0) is 19.3. The molecule has 2 aromatic rings. The monoisotopic (exact) mass is 402 g/mol. The Morgan fingerprint density at radius 2 is 1.64 bits per heavy atom. The second-order valence-electron chi connectivity index (χ2n) is 7.45. The lowest BCUT2D eigenvalue weighted by Crippen LogP contribution is -2.46. The maximum Gasteiger partial charge on any atom is 0.226 e. The predicted molar refractivity (Wildman–Crippen MR) is 113 cm³/mol. The van der Waals surface area contributed by atoms with Crippen LogP contribution in [-0.2, 0) is 24.5 Å². The van der Waals surface area contributed by atoms with Crippen LogP contribution in [0.2, 0.25) is 0 Å². The fourth-order valence-corrected chi connectivity index (χ4v) is 4.22. The van der Waals surface area contributed by atoms with Crippen molar-refractivity contribution in [2.24, 2.45) is 0 Å². The highest BCUT2D eigenvalue weighted by Gasteiger charge is 2.22. The molecular formula is C20H30N6OS. The topological polar surface area (TPSA) is 41.7 Å². The van der Waals surface area contributed by atoms with Gasteiger partial charge in [-0.1, -0.05) is 30.3 Å². The summed E-state index contributed by atoms with van der Waals surface area (Å²) in [6.45, 7) is 12.3. The lowest BCUT2D eigenvalue weighted by molar-refractivity contribution is 0.0979. The van der Waals surface area contributed by atoms with Crippen molar-refractivity contribution in [1.29, 1.82) is 0 Å². The third kappa shape index (κ3) is 4.46. The maximum absolute atomic E-state index is 5.73. The number of aromatic nitrogens is 3. The van der Waals surface area contributed by atoms with Crippen molar-refractivity contribution in [3.05, 3.63) is 40.7 Å². The Kier molecular flexibility index (Phi) is 6.41. The number of hydrogen-bond acceptors (Lipinski definition) is 6. The molecule has 1 aromatic heterocycles. The average Bonchev–Trinajstić information content (AvgIpc) is 3.06. The largest absolute Gasteiger partial charge is 0.378 e. The second-order valence-corrected chi connectivity index (χ2v) is 7.81. The third-order valence-electron chi connectivity index (χ3n) is 5.56. The fraction of sp³-hybridized carbons (Fsp3) is 0.600. The van der Waals surface area contributed by atoms with Crippen molar-refractivity contribution < 1.29 is 4.74 Å². The van der Waals surface area contributed by atoms with Crippen molar-refractivity contribution >= 4 is 18.2 Å². The molecule has 0 saturated carbocycles. The van der Waals surface area contributed by atoms with Crippen molar-refractivity contribution in [2.45, 2.75) is 26.7 Å². The van der Waals surface area contributed by atoms with Crippen LogP contribution in [-0.4, -0.2) is 76.6 Å². The van der Waals surface area contributed by atoms with Gasteiger partial charge in [-0.25, -0.2) is 4.68 Å². The van der Waals surface area contributed by atoms with Gasteiger partial charge in [-0.15, -0.1) is 5.10 Å². The Labute approximate surface area is 172 Å². The van der Waals surface area contributed by atoms with E-state index in [0.717, 1.165) is 83.0 Å². The van der Waals surface area contributed by atoms with Gasteiger partial charge in [0.05, 0.1) is 19.9 Å². The Hall–Kier alpha value is -1.74. The van der Waals surface area contributed by atoms with Gasteiger partial charge < -0.3 is 9.64 Å². The molecule has 1 aromatic carbocycles. The van der Waals surface area contributed by atoms with E-state index in [9.17, 15) is 0 Å². The molecule has 0 N–H and O–H groups in total. The van der Waals surface area contributed by atoms with Gasteiger partial charge in [-0.2, -0.15) is 0 Å². The molecule has 0 unspecified atom stereocenters. The van der Waals surface area contributed by atoms with E-state index in [4.69, 9.17) is 22.1 Å². The second kappa shape index (κ2) is 9.17. The molecule has 28 heavy (non-hydrogen) atoms. The van der Waals surface area contributed by atoms with Crippen LogP contribution in [0, 0.1) is 4.77 Å². The number of ether oxygens (including phenoxy) is 1. The van der Waals surface area contributed by atoms with Crippen LogP contribution in [0.15, 0.2) is 30.3 Å². The normalized spacial score (nSPS) is 19.2. The number of benzene rings is 1. The molecule has 4 rings (SSSR count). The minimum absolute atomic E-state index is 0.757. The molecule has 2 saturated heterocycles. The van der Waals surface area contributed by atoms with Crippen LogP contribution in [0.3, 0.4) is 0 Å². The summed E-state index contributed by atoms with van der Waals surface area (Å²) >= 11 is 5.73. The first-order valence-electron chi connectivity index (χ1n) is 10.2. The first kappa shape index (κ1) is 19.6. The molecule has 152 valence electrons. The highest BCUT2D eigenvalue weighted by atomic mass is 32.1. The number of anilines is 1. The van der Waals surface area contributed by atoms with Crippen LogP contribution < -0.4 is 4.90 Å². The highest BCUT2D eigenvalue weighted by molar-refractivity contribution is 7.71. The summed E-state index contributed by atoms with van der Waals surface area (Å²) < 4.78 is 10.4. The Morgan fingerprint density at radius 1 is 0.964 bits per heavy atom. The molecule has 0 atom stereocenters. The van der Waals surface area contributed by atoms with Gasteiger partial charge >= 0.3 is 0 Å². The lowest BCUT2D eigenvalue weighted by Gasteiger charge is -2.34. The molecule has 0 aliphatic carbocycles. The first-order chi connectivity index (χ1) is 13.7. The molecular weight excluding hydrogens is 372 g/mol. The number of morpholine rings is 1. The molecule has 7 nitrogen and oxygen atoms in total. The summed E-state index contributed by atoms with van der Waals surface area (Å²) in [4.78, 5) is 7.26. The molecule has 8 heteroatoms. The predicted octanol–water partition coefficient (Wildman–Crippen LogP) is 2.05. The zero-order valence-electron chi connectivity index (χ0n) is 16.7. The highest BCUT2D eigenvalue weighted by Crippen LogP contribution is 2.16. The molecule has 2 fully saturated rings. The van der Waals surface area contributed by atoms with E-state index in [1.54, 1.807) is 0 Å². The minimum atomic E-state index is 0.757. The van der Waals surface area contributed by atoms with E-state index >= 15 is 0 Å². The smallest absolute Gasteiger partial charge is 0.226 e. The van der Waals surface area contributed by atoms with Gasteiger partial charge in [0, 0.05) is 52.4 Å². The molecule has 0 spiro atoms. The molecule has 3 heterocycles. The van der Waals surface area contributed by atoms with Crippen LogP contribution in [0.25, 0.3) is 0 Å². The summed E-state index contributed by atoms with van der Waals surface area (Å²) in [7, 11) is 0. The zero-order valence-corrected chi connectivity index (χ0v) is 17.5. The molecule has 0 amide bonds. The molecule has 2 aliphatic heterocycles. The SMILES string of the molecule is CCn1c(N2CCOCC2)nn(CN2CCN(Cc3ccccc3)CC2)c1=S. The average molecular weight is 403 g/mol. The Bertz CT molecular complexity index is 806. The minimum Gasteiger partial charge on any atom is -0.378 e. The van der Waals surface area contributed by atoms with Crippen LogP contribution >= 0.6 is 12.2 Å². The Morgan fingerprint density at radius 3 is 2.32 bits per heavy atom. The van der Waals surface area contributed by atoms with Crippen LogP contribution in [0.1, 0.15) is 12.5 Å². The van der Waals surface area contributed by atoms with Crippen LogP contribution in [0.5, 0.6) is 0 Å². The first-order valence-corrected chi connectivity index (χ1v) is 10.6. The molecule has 0 bridgehead atoms. The van der Waals surface area contributed by atoms with E-state index in [1.165, 1.54) is 5.56 Å². The van der Waals surface area contributed by atoms with E-state index in [0.29, 0.717) is 0 Å². The quantitative estimate of drug-likeness (QED) is 0.689. The van der Waals surface area contributed by atoms with E-state index in [2.05, 4.69) is 56.5 Å². The number of rotatable bonds is 6. The molecule has 2 aliphatic rings. The van der Waals surface area contributed by atoms with E-state index in [1.807, 2.05) is 4.68 Å². The van der Waals surface area contributed by atoms with Crippen molar-refractivity contribution in [2.75, 3.05) is 57.4 Å². The van der Waals surface area contributed by atoms with Gasteiger partial charge in [0.2, 0.25) is 10.7 Å². The number of nitrogens with zero attached hydrogens (tertiary/aromatic N) is 6. The standard InChI is InChI=1S/C20H30N6OS/c1-2-25-19(24-12-14-27-15-13-24)21-26(20(25)28)17-23-10-8-22(9-11-23)16-18-6-4-3-5-7-18/h3-7H,2,8-17H2,1H3. The number of piperazine rings is 1. The summed E-state index contributed by atoms with van der Waals surface area (Å²) in [5, 5.41) is 4.88. The van der Waals surface area contributed by atoms with Crippen molar-refractivity contribution in [1.82, 2.24) is 24.1 Å². The van der Waals surface area contributed by atoms with Gasteiger partial charge in [0.1, 0.15) is 0 Å². The lowest BCUT2D eigenvalue weighted by atomic mass is 10.2. The van der Waals surface area contributed by atoms with E-state index in [-0.39, 0.29) is 0 Å². The van der Waals surface area contributed by atoms with Gasteiger partial charge in [0.25, 0.3) is 0 Å². The summed E-state index contributed by atoms with van der Waals surface area (Å²) in [5.41, 5.74) is 1.38. The number of hydrogen-bond donors (Lipinski definition) is 0. The summed E-state index contributed by atoms with van der Waals surface area (Å²) in [5.74, 6) is 0.985. The molecule has 0 radical (unpaired) electrons. The summed E-state index contributed by atoms with van der Waals surface area (Å²) in [6.07, 6.45) is 0.